The number of aliphatic hydroxyl groups excluding tert-OH is 1. The first-order chi connectivity index (χ1) is 16.8. The quantitative estimate of drug-likeness (QED) is 0.331. The van der Waals surface area contributed by atoms with Gasteiger partial charge in [-0.3, -0.25) is 9.59 Å². The standard InChI is InChI=1S/C27H31F2N3O3/c1-3-15-7-8-17-5-4-6-21(20(17)11-15)31-14-23(33)22(12-16-9-18(28)13-19(29)10-16)32-25-24(30-2)26(34)27(25)35/h7-11,13,21-23,30-33H,3-6,12,14H2,1-2H3. The van der Waals surface area contributed by atoms with E-state index in [1.807, 2.05) is 0 Å². The summed E-state index contributed by atoms with van der Waals surface area (Å²) in [5.41, 5.74) is 3.02. The summed E-state index contributed by atoms with van der Waals surface area (Å²) in [5, 5.41) is 20.2. The largest absolute Gasteiger partial charge is 0.390 e. The van der Waals surface area contributed by atoms with Gasteiger partial charge in [-0.15, -0.1) is 0 Å². The molecule has 3 aromatic rings. The van der Waals surface area contributed by atoms with Gasteiger partial charge in [-0.1, -0.05) is 25.1 Å². The Balaban J connectivity index is 1.53. The molecule has 0 aromatic heterocycles. The number of nitrogens with one attached hydrogen (secondary N) is 3. The third-order valence-corrected chi connectivity index (χ3v) is 6.84. The van der Waals surface area contributed by atoms with Crippen LogP contribution in [-0.4, -0.2) is 30.8 Å². The molecule has 0 spiro atoms. The molecular weight excluding hydrogens is 452 g/mol. The molecule has 0 heterocycles. The van der Waals surface area contributed by atoms with Gasteiger partial charge in [0.2, 0.25) is 0 Å². The number of hydrogen-bond donors (Lipinski definition) is 4. The van der Waals surface area contributed by atoms with Gasteiger partial charge < -0.3 is 21.1 Å². The third-order valence-electron chi connectivity index (χ3n) is 6.84. The van der Waals surface area contributed by atoms with Gasteiger partial charge >= 0.3 is 0 Å². The van der Waals surface area contributed by atoms with E-state index in [4.69, 9.17) is 0 Å². The molecule has 3 atom stereocenters. The SMILES string of the molecule is CCc1ccc2c(c1)C(NCC(O)C(Cc1cc(F)cc(F)c1)Nc1c(NC)c(=O)c1=O)CCC2. The van der Waals surface area contributed by atoms with Crippen molar-refractivity contribution in [1.82, 2.24) is 5.32 Å². The van der Waals surface area contributed by atoms with Crippen molar-refractivity contribution in [2.24, 2.45) is 0 Å². The van der Waals surface area contributed by atoms with Crippen molar-refractivity contribution in [1.29, 1.82) is 0 Å². The fourth-order valence-corrected chi connectivity index (χ4v) is 4.91. The van der Waals surface area contributed by atoms with Gasteiger partial charge in [-0.25, -0.2) is 8.78 Å². The van der Waals surface area contributed by atoms with E-state index in [0.29, 0.717) is 5.56 Å². The highest BCUT2D eigenvalue weighted by Gasteiger charge is 2.28. The number of fused-ring (bicyclic) bond motifs is 1. The second kappa shape index (κ2) is 10.7. The summed E-state index contributed by atoms with van der Waals surface area (Å²) in [5.74, 6) is -1.44. The minimum absolute atomic E-state index is 0.0563. The highest BCUT2D eigenvalue weighted by atomic mass is 19.1. The van der Waals surface area contributed by atoms with Crippen LogP contribution >= 0.6 is 0 Å². The number of benzene rings is 2. The average Bonchev–Trinajstić information content (AvgIpc) is 2.85. The Morgan fingerprint density at radius 2 is 1.74 bits per heavy atom. The van der Waals surface area contributed by atoms with E-state index >= 15 is 0 Å². The lowest BCUT2D eigenvalue weighted by Gasteiger charge is -2.31. The topological polar surface area (TPSA) is 90.5 Å². The van der Waals surface area contributed by atoms with Crippen LogP contribution in [0.15, 0.2) is 46.0 Å². The molecule has 0 amide bonds. The van der Waals surface area contributed by atoms with Crippen molar-refractivity contribution in [3.05, 3.63) is 90.7 Å². The van der Waals surface area contributed by atoms with Crippen LogP contribution in [-0.2, 0) is 19.3 Å². The molecule has 1 aliphatic rings. The first-order valence-electron chi connectivity index (χ1n) is 12.1. The number of hydrogen-bond acceptors (Lipinski definition) is 6. The van der Waals surface area contributed by atoms with Gasteiger partial charge in [-0.05, 0) is 66.5 Å². The Morgan fingerprint density at radius 1 is 1.03 bits per heavy atom. The van der Waals surface area contributed by atoms with Gasteiger partial charge in [0, 0.05) is 25.7 Å². The van der Waals surface area contributed by atoms with Crippen LogP contribution in [0, 0.1) is 11.6 Å². The minimum Gasteiger partial charge on any atom is -0.390 e. The number of halogens is 2. The summed E-state index contributed by atoms with van der Waals surface area (Å²) in [7, 11) is 1.53. The van der Waals surface area contributed by atoms with Crippen molar-refractivity contribution in [2.45, 2.75) is 57.2 Å². The van der Waals surface area contributed by atoms with Crippen LogP contribution in [0.1, 0.15) is 48.1 Å². The van der Waals surface area contributed by atoms with E-state index in [1.54, 1.807) is 0 Å². The van der Waals surface area contributed by atoms with Crippen LogP contribution in [0.5, 0.6) is 0 Å². The molecule has 0 fully saturated rings. The lowest BCUT2D eigenvalue weighted by Crippen LogP contribution is -2.47. The van der Waals surface area contributed by atoms with Crippen LogP contribution in [0.2, 0.25) is 0 Å². The second-order valence-electron chi connectivity index (χ2n) is 9.20. The summed E-state index contributed by atoms with van der Waals surface area (Å²) >= 11 is 0. The van der Waals surface area contributed by atoms with Crippen molar-refractivity contribution in [2.75, 3.05) is 24.2 Å². The monoisotopic (exact) mass is 483 g/mol. The van der Waals surface area contributed by atoms with Gasteiger partial charge in [0.1, 0.15) is 23.0 Å². The zero-order valence-electron chi connectivity index (χ0n) is 20.0. The number of anilines is 2. The summed E-state index contributed by atoms with van der Waals surface area (Å²) < 4.78 is 27.6. The number of aryl methyl sites for hydroxylation is 2. The fraction of sp³-hybridized carbons (Fsp3) is 0.407. The lowest BCUT2D eigenvalue weighted by molar-refractivity contribution is 0.143. The first kappa shape index (κ1) is 25.0. The summed E-state index contributed by atoms with van der Waals surface area (Å²) in [6.45, 7) is 2.31. The summed E-state index contributed by atoms with van der Waals surface area (Å²) in [6.07, 6.45) is 2.98. The molecule has 0 bridgehead atoms. The van der Waals surface area contributed by atoms with Crippen molar-refractivity contribution >= 4 is 11.4 Å². The molecule has 0 aliphatic heterocycles. The maximum Gasteiger partial charge on any atom is 0.253 e. The van der Waals surface area contributed by atoms with Gasteiger partial charge in [-0.2, -0.15) is 0 Å². The molecule has 0 radical (unpaired) electrons. The molecule has 4 N–H and O–H groups in total. The summed E-state index contributed by atoms with van der Waals surface area (Å²) in [4.78, 5) is 23.9. The van der Waals surface area contributed by atoms with Crippen molar-refractivity contribution in [3.63, 3.8) is 0 Å². The smallest absolute Gasteiger partial charge is 0.253 e. The Morgan fingerprint density at radius 3 is 2.43 bits per heavy atom. The molecule has 0 saturated heterocycles. The third kappa shape index (κ3) is 5.44. The molecule has 0 saturated carbocycles. The molecule has 3 aromatic carbocycles. The normalized spacial score (nSPS) is 17.1. The molecule has 3 unspecified atom stereocenters. The molecular formula is C27H31F2N3O3. The van der Waals surface area contributed by atoms with Gasteiger partial charge in [0.25, 0.3) is 10.9 Å². The molecule has 6 nitrogen and oxygen atoms in total. The maximum atomic E-state index is 13.8. The predicted octanol–water partition coefficient (Wildman–Crippen LogP) is 3.22. The average molecular weight is 484 g/mol. The van der Waals surface area contributed by atoms with Crippen LogP contribution < -0.4 is 26.8 Å². The Hall–Kier alpha value is -3.10. The first-order valence-corrected chi connectivity index (χ1v) is 12.1. The van der Waals surface area contributed by atoms with Crippen LogP contribution in [0.4, 0.5) is 20.2 Å². The zero-order chi connectivity index (χ0) is 25.1. The molecule has 8 heteroatoms. The van der Waals surface area contributed by atoms with E-state index in [0.717, 1.165) is 31.7 Å². The van der Waals surface area contributed by atoms with Crippen molar-refractivity contribution in [3.8, 4) is 0 Å². The second-order valence-corrected chi connectivity index (χ2v) is 9.20. The Labute approximate surface area is 203 Å². The van der Waals surface area contributed by atoms with Crippen LogP contribution in [0.25, 0.3) is 0 Å². The number of aliphatic hydroxyl groups is 1. The summed E-state index contributed by atoms with van der Waals surface area (Å²) in [6, 6.07) is 9.03. The van der Waals surface area contributed by atoms with Gasteiger partial charge in [0.05, 0.1) is 12.1 Å². The van der Waals surface area contributed by atoms with Gasteiger partial charge in [0.15, 0.2) is 0 Å². The van der Waals surface area contributed by atoms with E-state index in [9.17, 15) is 23.5 Å². The Bertz CT molecular complexity index is 1250. The van der Waals surface area contributed by atoms with E-state index in [-0.39, 0.29) is 30.4 Å². The van der Waals surface area contributed by atoms with E-state index in [2.05, 4.69) is 41.1 Å². The number of rotatable bonds is 10. The van der Waals surface area contributed by atoms with Crippen LogP contribution in [0.3, 0.4) is 0 Å². The minimum atomic E-state index is -1.00. The predicted molar refractivity (Wildman–Crippen MR) is 134 cm³/mol. The highest BCUT2D eigenvalue weighted by molar-refractivity contribution is 5.74. The Kier molecular flexibility index (Phi) is 7.62. The highest BCUT2D eigenvalue weighted by Crippen LogP contribution is 2.31. The molecule has 186 valence electrons. The van der Waals surface area contributed by atoms with E-state index < -0.39 is 34.6 Å². The maximum absolute atomic E-state index is 13.8. The van der Waals surface area contributed by atoms with E-state index in [1.165, 1.54) is 35.9 Å². The fourth-order valence-electron chi connectivity index (χ4n) is 4.91. The van der Waals surface area contributed by atoms with Crippen molar-refractivity contribution < 1.29 is 13.9 Å². The molecule has 1 aliphatic carbocycles. The molecule has 4 rings (SSSR count). The molecule has 35 heavy (non-hydrogen) atoms. The zero-order valence-corrected chi connectivity index (χ0v) is 20.0. The lowest BCUT2D eigenvalue weighted by atomic mass is 9.86.